The van der Waals surface area contributed by atoms with Gasteiger partial charge in [0.15, 0.2) is 0 Å². The summed E-state index contributed by atoms with van der Waals surface area (Å²) in [7, 11) is 0. The molecule has 2 rings (SSSR count). The van der Waals surface area contributed by atoms with Crippen LogP contribution in [0.15, 0.2) is 28.0 Å². The van der Waals surface area contributed by atoms with Crippen molar-refractivity contribution in [2.24, 2.45) is 11.3 Å². The second-order valence-electron chi connectivity index (χ2n) is 8.71. The van der Waals surface area contributed by atoms with Crippen LogP contribution in [-0.2, 0) is 6.42 Å². The van der Waals surface area contributed by atoms with Crippen LogP contribution in [0.3, 0.4) is 0 Å². The molecule has 0 radical (unpaired) electrons. The smallest absolute Gasteiger partial charge is 0.0216 e. The molecule has 0 saturated heterocycles. The van der Waals surface area contributed by atoms with E-state index in [1.807, 2.05) is 0 Å². The van der Waals surface area contributed by atoms with E-state index in [2.05, 4.69) is 97.1 Å². The number of fused-ring (bicyclic) bond motifs is 1. The summed E-state index contributed by atoms with van der Waals surface area (Å²) in [6.07, 6.45) is 2.36. The molecule has 0 aliphatic carbocycles. The summed E-state index contributed by atoms with van der Waals surface area (Å²) in [4.78, 5) is 2.96. The highest BCUT2D eigenvalue weighted by molar-refractivity contribution is 8.04. The van der Waals surface area contributed by atoms with Gasteiger partial charge in [0.25, 0.3) is 0 Å². The molecule has 124 valence electrons. The van der Waals surface area contributed by atoms with Gasteiger partial charge >= 0.3 is 0 Å². The predicted octanol–water partition coefficient (Wildman–Crippen LogP) is 7.06. The van der Waals surface area contributed by atoms with Crippen molar-refractivity contribution in [3.8, 4) is 0 Å². The number of benzene rings is 1. The molecule has 0 fully saturated rings. The fourth-order valence-corrected chi connectivity index (χ4v) is 6.38. The summed E-state index contributed by atoms with van der Waals surface area (Å²) in [6, 6.07) is 7.17. The SMILES string of the molecule is CCC1(C)Sc2ccc(CC(C)(C)C)cc2SC(C)(C)C1C. The molecule has 0 spiro atoms. The van der Waals surface area contributed by atoms with Crippen LogP contribution in [-0.4, -0.2) is 9.49 Å². The van der Waals surface area contributed by atoms with Crippen LogP contribution in [0, 0.1) is 11.3 Å². The Bertz CT molecular complexity index is 539. The largest absolute Gasteiger partial charge is 0.118 e. The Morgan fingerprint density at radius 1 is 1.05 bits per heavy atom. The summed E-state index contributed by atoms with van der Waals surface area (Å²) in [5.41, 5.74) is 1.82. The molecule has 2 atom stereocenters. The van der Waals surface area contributed by atoms with Gasteiger partial charge in [0.1, 0.15) is 0 Å². The zero-order valence-electron chi connectivity index (χ0n) is 15.5. The Kier molecular flexibility index (Phi) is 5.06. The summed E-state index contributed by atoms with van der Waals surface area (Å²) in [6.45, 7) is 19.0. The molecule has 1 aromatic rings. The van der Waals surface area contributed by atoms with Crippen LogP contribution in [0.4, 0.5) is 0 Å². The van der Waals surface area contributed by atoms with Crippen LogP contribution in [0.1, 0.15) is 67.4 Å². The Morgan fingerprint density at radius 3 is 2.23 bits per heavy atom. The van der Waals surface area contributed by atoms with Crippen LogP contribution in [0.25, 0.3) is 0 Å². The quantitative estimate of drug-likeness (QED) is 0.567. The maximum Gasteiger partial charge on any atom is 0.0216 e. The zero-order chi connectivity index (χ0) is 16.8. The molecule has 2 unspecified atom stereocenters. The summed E-state index contributed by atoms with van der Waals surface area (Å²) in [5.74, 6) is 0.665. The second-order valence-corrected chi connectivity index (χ2v) is 12.0. The van der Waals surface area contributed by atoms with Crippen molar-refractivity contribution in [3.63, 3.8) is 0 Å². The highest BCUT2D eigenvalue weighted by atomic mass is 32.2. The normalized spacial score (nSPS) is 28.1. The van der Waals surface area contributed by atoms with E-state index in [9.17, 15) is 0 Å². The number of rotatable bonds is 2. The van der Waals surface area contributed by atoms with E-state index in [4.69, 9.17) is 0 Å². The molecule has 1 aliphatic rings. The first-order chi connectivity index (χ1) is 9.97. The highest BCUT2D eigenvalue weighted by Crippen LogP contribution is 2.56. The third kappa shape index (κ3) is 3.87. The molecule has 0 bridgehead atoms. The third-order valence-electron chi connectivity index (χ3n) is 5.12. The van der Waals surface area contributed by atoms with Crippen molar-refractivity contribution in [1.29, 1.82) is 0 Å². The van der Waals surface area contributed by atoms with Gasteiger partial charge in [-0.05, 0) is 48.8 Å². The number of thioether (sulfide) groups is 2. The van der Waals surface area contributed by atoms with Gasteiger partial charge in [-0.1, -0.05) is 54.5 Å². The summed E-state index contributed by atoms with van der Waals surface area (Å²) in [5, 5.41) is 0. The van der Waals surface area contributed by atoms with E-state index in [0.717, 1.165) is 6.42 Å². The topological polar surface area (TPSA) is 0 Å². The monoisotopic (exact) mass is 336 g/mol. The number of hydrogen-bond donors (Lipinski definition) is 0. The van der Waals surface area contributed by atoms with Crippen molar-refractivity contribution in [2.45, 2.75) is 87.5 Å². The molecule has 1 aliphatic heterocycles. The van der Waals surface area contributed by atoms with Crippen molar-refractivity contribution in [1.82, 2.24) is 0 Å². The minimum absolute atomic E-state index is 0.267. The molecule has 0 saturated carbocycles. The van der Waals surface area contributed by atoms with E-state index >= 15 is 0 Å². The van der Waals surface area contributed by atoms with Gasteiger partial charge in [0.05, 0.1) is 0 Å². The first kappa shape index (κ1) is 18.3. The van der Waals surface area contributed by atoms with Gasteiger partial charge in [-0.3, -0.25) is 0 Å². The molecule has 0 N–H and O–H groups in total. The lowest BCUT2D eigenvalue weighted by Crippen LogP contribution is -2.39. The first-order valence-electron chi connectivity index (χ1n) is 8.48. The van der Waals surface area contributed by atoms with Crippen LogP contribution >= 0.6 is 23.5 Å². The van der Waals surface area contributed by atoms with E-state index in [0.29, 0.717) is 16.1 Å². The molecule has 0 nitrogen and oxygen atoms in total. The molecule has 1 aromatic carbocycles. The van der Waals surface area contributed by atoms with E-state index in [-0.39, 0.29) is 4.75 Å². The van der Waals surface area contributed by atoms with Gasteiger partial charge in [0, 0.05) is 19.3 Å². The van der Waals surface area contributed by atoms with Crippen molar-refractivity contribution >= 4 is 23.5 Å². The molecule has 22 heavy (non-hydrogen) atoms. The van der Waals surface area contributed by atoms with Crippen molar-refractivity contribution < 1.29 is 0 Å². The lowest BCUT2D eigenvalue weighted by Gasteiger charge is -2.41. The third-order valence-corrected chi connectivity index (χ3v) is 8.37. The maximum atomic E-state index is 2.45. The van der Waals surface area contributed by atoms with E-state index in [1.54, 1.807) is 0 Å². The lowest BCUT2D eigenvalue weighted by atomic mass is 9.83. The second kappa shape index (κ2) is 6.09. The average molecular weight is 337 g/mol. The van der Waals surface area contributed by atoms with Gasteiger partial charge in [0.2, 0.25) is 0 Å². The molecule has 1 heterocycles. The van der Waals surface area contributed by atoms with E-state index in [1.165, 1.54) is 21.8 Å². The maximum absolute atomic E-state index is 2.45. The van der Waals surface area contributed by atoms with Crippen LogP contribution in [0.2, 0.25) is 0 Å². The first-order valence-corrected chi connectivity index (χ1v) is 10.1. The predicted molar refractivity (Wildman–Crippen MR) is 103 cm³/mol. The fourth-order valence-electron chi connectivity index (χ4n) is 3.26. The standard InChI is InChI=1S/C20H32S2/c1-9-20(8)14(2)19(6,7)21-17-12-15(13-18(3,4)5)10-11-16(17)22-20/h10-12,14H,9,13H2,1-8H3. The zero-order valence-corrected chi connectivity index (χ0v) is 17.2. The summed E-state index contributed by atoms with van der Waals surface area (Å²) < 4.78 is 0.580. The Hall–Kier alpha value is -0.0800. The molecular weight excluding hydrogens is 304 g/mol. The molecular formula is C20H32S2. The average Bonchev–Trinajstić information content (AvgIpc) is 2.44. The minimum Gasteiger partial charge on any atom is -0.118 e. The Morgan fingerprint density at radius 2 is 1.68 bits per heavy atom. The van der Waals surface area contributed by atoms with Crippen molar-refractivity contribution in [2.75, 3.05) is 0 Å². The Balaban J connectivity index is 2.43. The van der Waals surface area contributed by atoms with Crippen LogP contribution < -0.4 is 0 Å². The molecule has 0 amide bonds. The molecule has 0 aromatic heterocycles. The summed E-state index contributed by atoms with van der Waals surface area (Å²) >= 11 is 4.18. The fraction of sp³-hybridized carbons (Fsp3) is 0.700. The Labute approximate surface area is 146 Å². The van der Waals surface area contributed by atoms with Gasteiger partial charge in [-0.25, -0.2) is 0 Å². The van der Waals surface area contributed by atoms with E-state index < -0.39 is 0 Å². The molecule has 2 heteroatoms. The number of hydrogen-bond acceptors (Lipinski definition) is 2. The van der Waals surface area contributed by atoms with Crippen LogP contribution in [0.5, 0.6) is 0 Å². The lowest BCUT2D eigenvalue weighted by molar-refractivity contribution is 0.353. The van der Waals surface area contributed by atoms with Gasteiger partial charge in [-0.2, -0.15) is 0 Å². The van der Waals surface area contributed by atoms with Crippen molar-refractivity contribution in [3.05, 3.63) is 23.8 Å². The highest BCUT2D eigenvalue weighted by Gasteiger charge is 2.44. The minimum atomic E-state index is 0.267. The van der Waals surface area contributed by atoms with Gasteiger partial charge < -0.3 is 0 Å². The van der Waals surface area contributed by atoms with Gasteiger partial charge in [-0.15, -0.1) is 23.5 Å².